The molecule has 0 aliphatic heterocycles. The minimum absolute atomic E-state index is 0.159. The van der Waals surface area contributed by atoms with Gasteiger partial charge in [0.15, 0.2) is 0 Å². The Balaban J connectivity index is 1.60. The smallest absolute Gasteiger partial charge is 0.277 e. The molecule has 0 saturated heterocycles. The predicted molar refractivity (Wildman–Crippen MR) is 112 cm³/mol. The Bertz CT molecular complexity index is 1470. The molecule has 5 rings (SSSR count). The van der Waals surface area contributed by atoms with E-state index in [-0.39, 0.29) is 30.4 Å². The maximum absolute atomic E-state index is 13.7. The van der Waals surface area contributed by atoms with Crippen molar-refractivity contribution in [1.82, 2.24) is 19.5 Å². The first-order valence-electron chi connectivity index (χ1n) is 9.65. The summed E-state index contributed by atoms with van der Waals surface area (Å²) in [7, 11) is 0. The van der Waals surface area contributed by atoms with E-state index in [1.54, 1.807) is 59.2 Å². The van der Waals surface area contributed by atoms with Crippen LogP contribution in [0.15, 0.2) is 82.3 Å². The molecule has 0 spiro atoms. The lowest BCUT2D eigenvalue weighted by molar-refractivity contribution is 0.0948. The number of fused-ring (bicyclic) bond motifs is 3. The zero-order valence-corrected chi connectivity index (χ0v) is 16.3. The van der Waals surface area contributed by atoms with Crippen LogP contribution < -0.4 is 10.9 Å². The van der Waals surface area contributed by atoms with Gasteiger partial charge in [0.2, 0.25) is 0 Å². The fourth-order valence-corrected chi connectivity index (χ4v) is 3.62. The highest BCUT2D eigenvalue weighted by molar-refractivity contribution is 5.97. The molecule has 0 saturated carbocycles. The third-order valence-corrected chi connectivity index (χ3v) is 5.10. The number of benzene rings is 2. The van der Waals surface area contributed by atoms with Crippen molar-refractivity contribution in [2.75, 3.05) is 0 Å². The van der Waals surface area contributed by atoms with Gasteiger partial charge in [0.25, 0.3) is 11.5 Å². The molecule has 0 aliphatic rings. The number of carbonyl (C=O) groups excluding carboxylic acids is 1. The van der Waals surface area contributed by atoms with Crippen molar-refractivity contribution in [2.45, 2.75) is 13.1 Å². The van der Waals surface area contributed by atoms with Gasteiger partial charge in [-0.25, -0.2) is 8.91 Å². The van der Waals surface area contributed by atoms with Crippen molar-refractivity contribution in [2.24, 2.45) is 0 Å². The fraction of sp³-hybridized carbons (Fsp3) is 0.0870. The fourth-order valence-electron chi connectivity index (χ4n) is 3.62. The standard InChI is InChI=1S/C23H17FN4O3/c24-17-4-1-3-15(11-17)14-27-21-12-16(22(29)25-13-18-5-2-10-31-18)6-7-19(21)28-20(23(27)30)8-9-26-28/h1-12H,13-14H2,(H,25,29). The maximum atomic E-state index is 13.7. The number of nitrogens with one attached hydrogen (secondary N) is 1. The third kappa shape index (κ3) is 3.48. The Hall–Kier alpha value is -4.20. The van der Waals surface area contributed by atoms with Gasteiger partial charge in [-0.3, -0.25) is 9.59 Å². The number of hydrogen-bond donors (Lipinski definition) is 1. The van der Waals surface area contributed by atoms with Gasteiger partial charge in [-0.15, -0.1) is 0 Å². The minimum Gasteiger partial charge on any atom is -0.467 e. The number of nitrogens with zero attached hydrogens (tertiary/aromatic N) is 3. The van der Waals surface area contributed by atoms with Crippen LogP contribution in [0.3, 0.4) is 0 Å². The summed E-state index contributed by atoms with van der Waals surface area (Å²) in [6.07, 6.45) is 3.09. The number of aromatic nitrogens is 3. The Morgan fingerprint density at radius 1 is 1.03 bits per heavy atom. The molecule has 0 unspecified atom stereocenters. The number of halogens is 1. The van der Waals surface area contributed by atoms with Crippen molar-refractivity contribution in [3.8, 4) is 0 Å². The van der Waals surface area contributed by atoms with E-state index in [1.165, 1.54) is 23.0 Å². The SMILES string of the molecule is O=C(NCc1ccco1)c1ccc2c(c1)n(Cc1cccc(F)c1)c(=O)c1ccnn12. The van der Waals surface area contributed by atoms with Gasteiger partial charge >= 0.3 is 0 Å². The van der Waals surface area contributed by atoms with Crippen LogP contribution in [0.5, 0.6) is 0 Å². The van der Waals surface area contributed by atoms with Gasteiger partial charge in [-0.1, -0.05) is 12.1 Å². The first-order chi connectivity index (χ1) is 15.1. The van der Waals surface area contributed by atoms with Crippen LogP contribution in [0.4, 0.5) is 4.39 Å². The van der Waals surface area contributed by atoms with Crippen LogP contribution in [-0.4, -0.2) is 20.1 Å². The number of hydrogen-bond acceptors (Lipinski definition) is 4. The molecule has 3 heterocycles. The van der Waals surface area contributed by atoms with Gasteiger partial charge in [0.1, 0.15) is 17.1 Å². The molecular formula is C23H17FN4O3. The van der Waals surface area contributed by atoms with Gasteiger partial charge in [0.05, 0.1) is 36.6 Å². The second-order valence-corrected chi connectivity index (χ2v) is 7.12. The lowest BCUT2D eigenvalue weighted by Gasteiger charge is -2.13. The zero-order chi connectivity index (χ0) is 21.4. The van der Waals surface area contributed by atoms with Crippen LogP contribution in [0.1, 0.15) is 21.7 Å². The average molecular weight is 416 g/mol. The van der Waals surface area contributed by atoms with E-state index < -0.39 is 0 Å². The first kappa shape index (κ1) is 18.8. The second-order valence-electron chi connectivity index (χ2n) is 7.12. The number of carbonyl (C=O) groups is 1. The van der Waals surface area contributed by atoms with E-state index >= 15 is 0 Å². The maximum Gasteiger partial charge on any atom is 0.277 e. The van der Waals surface area contributed by atoms with Crippen molar-refractivity contribution in [3.05, 3.63) is 106 Å². The molecule has 2 aromatic carbocycles. The van der Waals surface area contributed by atoms with Gasteiger partial charge in [-0.2, -0.15) is 5.10 Å². The molecule has 0 aliphatic carbocycles. The van der Waals surface area contributed by atoms with Crippen LogP contribution >= 0.6 is 0 Å². The molecule has 0 atom stereocenters. The number of furan rings is 1. The molecule has 8 heteroatoms. The molecular weight excluding hydrogens is 399 g/mol. The number of rotatable bonds is 5. The lowest BCUT2D eigenvalue weighted by atomic mass is 10.1. The highest BCUT2D eigenvalue weighted by atomic mass is 19.1. The van der Waals surface area contributed by atoms with Gasteiger partial charge in [-0.05, 0) is 54.1 Å². The summed E-state index contributed by atoms with van der Waals surface area (Å²) in [4.78, 5) is 25.8. The lowest BCUT2D eigenvalue weighted by Crippen LogP contribution is -2.25. The predicted octanol–water partition coefficient (Wildman–Crippen LogP) is 3.36. The van der Waals surface area contributed by atoms with E-state index in [0.717, 1.165) is 0 Å². The van der Waals surface area contributed by atoms with Gasteiger partial charge < -0.3 is 14.3 Å². The Labute approximate surface area is 175 Å². The molecule has 1 amide bonds. The van der Waals surface area contributed by atoms with Crippen molar-refractivity contribution in [1.29, 1.82) is 0 Å². The molecule has 5 aromatic rings. The molecule has 7 nitrogen and oxygen atoms in total. The normalized spacial score (nSPS) is 11.3. The van der Waals surface area contributed by atoms with Crippen molar-refractivity contribution >= 4 is 22.5 Å². The largest absolute Gasteiger partial charge is 0.467 e. The monoisotopic (exact) mass is 416 g/mol. The van der Waals surface area contributed by atoms with Crippen LogP contribution in [0.2, 0.25) is 0 Å². The van der Waals surface area contributed by atoms with Crippen molar-refractivity contribution in [3.63, 3.8) is 0 Å². The second kappa shape index (κ2) is 7.56. The molecule has 3 aromatic heterocycles. The Morgan fingerprint density at radius 2 is 1.94 bits per heavy atom. The quantitative estimate of drug-likeness (QED) is 0.476. The Kier molecular flexibility index (Phi) is 4.59. The summed E-state index contributed by atoms with van der Waals surface area (Å²) < 4.78 is 22.0. The molecule has 0 radical (unpaired) electrons. The van der Waals surface area contributed by atoms with Crippen LogP contribution in [0, 0.1) is 5.82 Å². The third-order valence-electron chi connectivity index (χ3n) is 5.10. The van der Waals surface area contributed by atoms with Crippen molar-refractivity contribution < 1.29 is 13.6 Å². The summed E-state index contributed by atoms with van der Waals surface area (Å²) in [5, 5.41) is 7.04. The van der Waals surface area contributed by atoms with Crippen LogP contribution in [0.25, 0.3) is 16.6 Å². The highest BCUT2D eigenvalue weighted by Gasteiger charge is 2.15. The van der Waals surface area contributed by atoms with E-state index in [0.29, 0.717) is 33.4 Å². The summed E-state index contributed by atoms with van der Waals surface area (Å²) in [6.45, 7) is 0.407. The molecule has 0 fully saturated rings. The number of amides is 1. The minimum atomic E-state index is -0.377. The van der Waals surface area contributed by atoms with Crippen LogP contribution in [-0.2, 0) is 13.1 Å². The molecule has 0 bridgehead atoms. The highest BCUT2D eigenvalue weighted by Crippen LogP contribution is 2.18. The zero-order valence-electron chi connectivity index (χ0n) is 16.3. The summed E-state index contributed by atoms with van der Waals surface area (Å²) in [5.41, 5.74) is 2.34. The van der Waals surface area contributed by atoms with E-state index in [4.69, 9.17) is 4.42 Å². The van der Waals surface area contributed by atoms with E-state index in [2.05, 4.69) is 10.4 Å². The summed E-state index contributed by atoms with van der Waals surface area (Å²) in [6, 6.07) is 16.3. The first-order valence-corrected chi connectivity index (χ1v) is 9.65. The molecule has 1 N–H and O–H groups in total. The van der Waals surface area contributed by atoms with Gasteiger partial charge in [0, 0.05) is 5.56 Å². The Morgan fingerprint density at radius 3 is 2.74 bits per heavy atom. The average Bonchev–Trinajstić information content (AvgIpc) is 3.47. The van der Waals surface area contributed by atoms with E-state index in [9.17, 15) is 14.0 Å². The van der Waals surface area contributed by atoms with E-state index in [1.807, 2.05) is 0 Å². The summed E-state index contributed by atoms with van der Waals surface area (Å²) >= 11 is 0. The molecule has 154 valence electrons. The topological polar surface area (TPSA) is 81.5 Å². The molecule has 31 heavy (non-hydrogen) atoms. The summed E-state index contributed by atoms with van der Waals surface area (Å²) in [5.74, 6) is -0.0442.